The Morgan fingerprint density at radius 2 is 1.86 bits per heavy atom. The third-order valence-electron chi connectivity index (χ3n) is 6.64. The highest BCUT2D eigenvalue weighted by Crippen LogP contribution is 2.29. The second-order valence-corrected chi connectivity index (χ2v) is 9.36. The number of aryl methyl sites for hydroxylation is 2. The van der Waals surface area contributed by atoms with E-state index in [0.717, 1.165) is 57.6 Å². The maximum atomic E-state index is 14.0. The summed E-state index contributed by atoms with van der Waals surface area (Å²) in [5.74, 6) is 0.836. The number of likely N-dealkylation sites (tertiary alicyclic amines) is 1. The van der Waals surface area contributed by atoms with Crippen LogP contribution in [0.1, 0.15) is 36.8 Å². The van der Waals surface area contributed by atoms with E-state index in [1.807, 2.05) is 36.1 Å². The smallest absolute Gasteiger partial charge is 0.165 e. The zero-order valence-corrected chi connectivity index (χ0v) is 20.8. The summed E-state index contributed by atoms with van der Waals surface area (Å²) in [7, 11) is 1.73. The highest BCUT2D eigenvalue weighted by atomic mass is 19.1. The third-order valence-corrected chi connectivity index (χ3v) is 6.64. The van der Waals surface area contributed by atoms with Gasteiger partial charge in [-0.1, -0.05) is 24.3 Å². The molecule has 3 aromatic rings. The number of ether oxygens (including phenoxy) is 3. The van der Waals surface area contributed by atoms with Gasteiger partial charge in [-0.05, 0) is 68.1 Å². The van der Waals surface area contributed by atoms with Gasteiger partial charge in [-0.25, -0.2) is 4.39 Å². The molecule has 1 unspecified atom stereocenters. The van der Waals surface area contributed by atoms with Crippen LogP contribution in [0.5, 0.6) is 11.5 Å². The Kier molecular flexibility index (Phi) is 8.77. The van der Waals surface area contributed by atoms with Gasteiger partial charge in [0.05, 0.1) is 12.8 Å². The summed E-state index contributed by atoms with van der Waals surface area (Å²) >= 11 is 0. The van der Waals surface area contributed by atoms with Gasteiger partial charge in [0.15, 0.2) is 11.6 Å². The first-order valence-corrected chi connectivity index (χ1v) is 12.4. The average molecular weight is 482 g/mol. The van der Waals surface area contributed by atoms with Gasteiger partial charge in [-0.15, -0.1) is 0 Å². The van der Waals surface area contributed by atoms with Crippen LogP contribution in [0.4, 0.5) is 4.39 Å². The molecule has 0 bridgehead atoms. The van der Waals surface area contributed by atoms with Crippen LogP contribution in [0, 0.1) is 12.7 Å². The molecular weight excluding hydrogens is 445 g/mol. The van der Waals surface area contributed by atoms with E-state index >= 15 is 0 Å². The maximum absolute atomic E-state index is 14.0. The van der Waals surface area contributed by atoms with Gasteiger partial charge in [-0.3, -0.25) is 9.58 Å². The fourth-order valence-corrected chi connectivity index (χ4v) is 4.52. The minimum absolute atomic E-state index is 0.281. The molecule has 1 aromatic heterocycles. The first-order chi connectivity index (χ1) is 17.0. The molecule has 6 nitrogen and oxygen atoms in total. The van der Waals surface area contributed by atoms with Crippen LogP contribution in [0.25, 0.3) is 0 Å². The largest absolute Gasteiger partial charge is 0.494 e. The van der Waals surface area contributed by atoms with E-state index in [4.69, 9.17) is 14.2 Å². The fourth-order valence-electron chi connectivity index (χ4n) is 4.52. The molecule has 0 N–H and O–H groups in total. The highest BCUT2D eigenvalue weighted by molar-refractivity contribution is 5.27. The normalized spacial score (nSPS) is 18.8. The highest BCUT2D eigenvalue weighted by Gasteiger charge is 2.34. The first-order valence-electron chi connectivity index (χ1n) is 12.4. The molecule has 0 spiro atoms. The van der Waals surface area contributed by atoms with Gasteiger partial charge in [-0.2, -0.15) is 5.10 Å². The SMILES string of the molecule is COC1(COc2ccccc2F)CCCN(Cc2ccc(OCCCn3cc(C)cn3)cc2)CC1. The number of aromatic nitrogens is 2. The molecular formula is C28H36FN3O3. The van der Waals surface area contributed by atoms with Crippen molar-refractivity contribution in [2.75, 3.05) is 33.4 Å². The van der Waals surface area contributed by atoms with E-state index < -0.39 is 5.60 Å². The lowest BCUT2D eigenvalue weighted by atomic mass is 9.95. The van der Waals surface area contributed by atoms with Gasteiger partial charge in [0.2, 0.25) is 0 Å². The second-order valence-electron chi connectivity index (χ2n) is 9.36. The van der Waals surface area contributed by atoms with Crippen molar-refractivity contribution < 1.29 is 18.6 Å². The van der Waals surface area contributed by atoms with E-state index in [2.05, 4.69) is 22.1 Å². The summed E-state index contributed by atoms with van der Waals surface area (Å²) < 4.78 is 33.5. The van der Waals surface area contributed by atoms with Crippen molar-refractivity contribution in [2.24, 2.45) is 0 Å². The van der Waals surface area contributed by atoms with Gasteiger partial charge in [0, 0.05) is 39.4 Å². The summed E-state index contributed by atoms with van der Waals surface area (Å²) in [4.78, 5) is 2.45. The van der Waals surface area contributed by atoms with E-state index in [0.29, 0.717) is 13.2 Å². The predicted octanol–water partition coefficient (Wildman–Crippen LogP) is 5.25. The van der Waals surface area contributed by atoms with Crippen LogP contribution in [-0.4, -0.2) is 53.7 Å². The van der Waals surface area contributed by atoms with E-state index in [1.165, 1.54) is 17.2 Å². The Morgan fingerprint density at radius 3 is 2.60 bits per heavy atom. The summed E-state index contributed by atoms with van der Waals surface area (Å²) in [5.41, 5.74) is 2.04. The lowest BCUT2D eigenvalue weighted by Gasteiger charge is -2.31. The van der Waals surface area contributed by atoms with Crippen molar-refractivity contribution >= 4 is 0 Å². The van der Waals surface area contributed by atoms with Gasteiger partial charge in [0.25, 0.3) is 0 Å². The summed E-state index contributed by atoms with van der Waals surface area (Å²) in [5, 5.41) is 4.30. The molecule has 0 amide bonds. The molecule has 7 heteroatoms. The number of para-hydroxylation sites is 1. The topological polar surface area (TPSA) is 48.8 Å². The first kappa shape index (κ1) is 25.2. The van der Waals surface area contributed by atoms with Crippen LogP contribution in [0.3, 0.4) is 0 Å². The quantitative estimate of drug-likeness (QED) is 0.350. The lowest BCUT2D eigenvalue weighted by Crippen LogP contribution is -2.39. The number of nitrogens with zero attached hydrogens (tertiary/aromatic N) is 3. The third kappa shape index (κ3) is 7.29. The molecule has 4 rings (SSSR count). The number of hydrogen-bond acceptors (Lipinski definition) is 5. The molecule has 2 aromatic carbocycles. The molecule has 0 radical (unpaired) electrons. The van der Waals surface area contributed by atoms with Crippen molar-refractivity contribution in [2.45, 2.75) is 51.3 Å². The Hall–Kier alpha value is -2.90. The predicted molar refractivity (Wildman–Crippen MR) is 134 cm³/mol. The van der Waals surface area contributed by atoms with Crippen LogP contribution < -0.4 is 9.47 Å². The number of halogens is 1. The number of methoxy groups -OCH3 is 1. The molecule has 1 aliphatic rings. The maximum Gasteiger partial charge on any atom is 0.165 e. The molecule has 1 aliphatic heterocycles. The minimum Gasteiger partial charge on any atom is -0.494 e. The molecule has 1 atom stereocenters. The standard InChI is InChI=1S/C28H36FN3O3/c1-23-19-30-32(20-23)16-6-18-34-25-11-9-24(10-12-25)21-31-15-5-13-28(33-2,14-17-31)22-35-27-8-4-3-7-26(27)29/h3-4,7-12,19-20H,5-6,13-18,21-22H2,1-2H3. The number of rotatable bonds is 11. The average Bonchev–Trinajstić information content (AvgIpc) is 3.18. The van der Waals surface area contributed by atoms with E-state index in [-0.39, 0.29) is 11.6 Å². The van der Waals surface area contributed by atoms with Gasteiger partial charge in [0.1, 0.15) is 18.0 Å². The van der Waals surface area contributed by atoms with Crippen molar-refractivity contribution in [1.29, 1.82) is 0 Å². The zero-order chi connectivity index (χ0) is 24.5. The van der Waals surface area contributed by atoms with E-state index in [1.54, 1.807) is 25.3 Å². The minimum atomic E-state index is -0.399. The summed E-state index contributed by atoms with van der Waals surface area (Å²) in [6.07, 6.45) is 7.57. The van der Waals surface area contributed by atoms with E-state index in [9.17, 15) is 4.39 Å². The second kappa shape index (κ2) is 12.2. The van der Waals surface area contributed by atoms with Crippen LogP contribution in [0.2, 0.25) is 0 Å². The van der Waals surface area contributed by atoms with Gasteiger partial charge >= 0.3 is 0 Å². The Bertz CT molecular complexity index is 1060. The Labute approximate surface area is 207 Å². The number of benzene rings is 2. The van der Waals surface area contributed by atoms with Crippen LogP contribution in [0.15, 0.2) is 60.9 Å². The molecule has 1 fully saturated rings. The van der Waals surface area contributed by atoms with Crippen LogP contribution >= 0.6 is 0 Å². The Balaban J connectivity index is 1.22. The molecule has 0 aliphatic carbocycles. The molecule has 2 heterocycles. The molecule has 35 heavy (non-hydrogen) atoms. The van der Waals surface area contributed by atoms with Crippen molar-refractivity contribution in [3.05, 3.63) is 77.9 Å². The summed E-state index contributed by atoms with van der Waals surface area (Å²) in [6, 6.07) is 14.9. The fraction of sp³-hybridized carbons (Fsp3) is 0.464. The van der Waals surface area contributed by atoms with Gasteiger partial charge < -0.3 is 14.2 Å². The van der Waals surface area contributed by atoms with Crippen LogP contribution in [-0.2, 0) is 17.8 Å². The lowest BCUT2D eigenvalue weighted by molar-refractivity contribution is -0.0548. The zero-order valence-electron chi connectivity index (χ0n) is 20.8. The van der Waals surface area contributed by atoms with Crippen molar-refractivity contribution in [1.82, 2.24) is 14.7 Å². The monoisotopic (exact) mass is 481 g/mol. The molecule has 188 valence electrons. The molecule has 0 saturated carbocycles. The Morgan fingerprint density at radius 1 is 1.03 bits per heavy atom. The van der Waals surface area contributed by atoms with Crippen molar-refractivity contribution in [3.63, 3.8) is 0 Å². The number of hydrogen-bond donors (Lipinski definition) is 0. The van der Waals surface area contributed by atoms with Crippen molar-refractivity contribution in [3.8, 4) is 11.5 Å². The summed E-state index contributed by atoms with van der Waals surface area (Å²) in [6.45, 7) is 6.70. The molecule has 1 saturated heterocycles.